The number of alkyl halides is 3. The van der Waals surface area contributed by atoms with Gasteiger partial charge in [-0.3, -0.25) is 4.79 Å². The molecule has 1 aliphatic heterocycles. The van der Waals surface area contributed by atoms with E-state index in [-0.39, 0.29) is 32.1 Å². The van der Waals surface area contributed by atoms with Crippen LogP contribution in [0.4, 0.5) is 13.2 Å². The highest BCUT2D eigenvalue weighted by molar-refractivity contribution is 7.89. The van der Waals surface area contributed by atoms with Gasteiger partial charge in [0.25, 0.3) is 5.91 Å². The SMILES string of the molecule is O=C(c1sc2sccc2c1Cl)N1CCN(S(=O)(=O)c2ccccc2C(F)(F)F)CC1. The summed E-state index contributed by atoms with van der Waals surface area (Å²) in [6, 6.07) is 5.93. The van der Waals surface area contributed by atoms with Gasteiger partial charge >= 0.3 is 6.18 Å². The summed E-state index contributed by atoms with van der Waals surface area (Å²) in [7, 11) is -4.36. The minimum Gasteiger partial charge on any atom is -0.335 e. The van der Waals surface area contributed by atoms with Crippen molar-refractivity contribution >= 4 is 59.6 Å². The van der Waals surface area contributed by atoms with Gasteiger partial charge in [0.1, 0.15) is 4.88 Å². The third kappa shape index (κ3) is 3.73. The van der Waals surface area contributed by atoms with Crippen molar-refractivity contribution in [3.05, 3.63) is 51.2 Å². The van der Waals surface area contributed by atoms with Gasteiger partial charge in [-0.05, 0) is 23.6 Å². The standard InChI is InChI=1S/C18H14ClF3N2O3S3/c19-14-11-5-10-28-17(11)29-15(14)16(25)23-6-8-24(9-7-23)30(26,27)13-4-2-1-3-12(13)18(20,21)22/h1-5,10H,6-9H2. The molecule has 0 aliphatic carbocycles. The summed E-state index contributed by atoms with van der Waals surface area (Å²) in [6.07, 6.45) is -4.79. The fourth-order valence-electron chi connectivity index (χ4n) is 3.27. The molecule has 5 nitrogen and oxygen atoms in total. The van der Waals surface area contributed by atoms with Crippen LogP contribution >= 0.6 is 34.3 Å². The van der Waals surface area contributed by atoms with Crippen LogP contribution in [0, 0.1) is 0 Å². The Balaban J connectivity index is 1.53. The van der Waals surface area contributed by atoms with Gasteiger partial charge in [0, 0.05) is 31.6 Å². The number of halogens is 4. The minimum atomic E-state index is -4.79. The van der Waals surface area contributed by atoms with Gasteiger partial charge in [0.15, 0.2) is 0 Å². The molecule has 2 aromatic heterocycles. The van der Waals surface area contributed by atoms with Gasteiger partial charge in [0.2, 0.25) is 10.0 Å². The van der Waals surface area contributed by atoms with Crippen LogP contribution < -0.4 is 0 Å². The molecule has 1 saturated heterocycles. The number of amides is 1. The Morgan fingerprint density at radius 3 is 2.37 bits per heavy atom. The largest absolute Gasteiger partial charge is 0.417 e. The molecule has 12 heteroatoms. The predicted molar refractivity (Wildman–Crippen MR) is 111 cm³/mol. The zero-order valence-electron chi connectivity index (χ0n) is 15.1. The van der Waals surface area contributed by atoms with Crippen LogP contribution in [0.25, 0.3) is 9.40 Å². The second-order valence-electron chi connectivity index (χ2n) is 6.56. The quantitative estimate of drug-likeness (QED) is 0.526. The maximum atomic E-state index is 13.3. The van der Waals surface area contributed by atoms with Crippen LogP contribution in [0.15, 0.2) is 40.6 Å². The van der Waals surface area contributed by atoms with Gasteiger partial charge in [-0.2, -0.15) is 17.5 Å². The molecule has 1 amide bonds. The number of rotatable bonds is 3. The fraction of sp³-hybridized carbons (Fsp3) is 0.278. The van der Waals surface area contributed by atoms with E-state index in [0.29, 0.717) is 9.90 Å². The summed E-state index contributed by atoms with van der Waals surface area (Å²) in [4.78, 5) is 13.9. The second kappa shape index (κ2) is 7.79. The van der Waals surface area contributed by atoms with Crippen LogP contribution in [-0.4, -0.2) is 49.7 Å². The van der Waals surface area contributed by atoms with Crippen molar-refractivity contribution in [3.63, 3.8) is 0 Å². The molecule has 0 spiro atoms. The van der Waals surface area contributed by atoms with Crippen molar-refractivity contribution < 1.29 is 26.4 Å². The number of hydrogen-bond donors (Lipinski definition) is 0. The average molecular weight is 495 g/mol. The molecular weight excluding hydrogens is 481 g/mol. The summed E-state index contributed by atoms with van der Waals surface area (Å²) in [5, 5.41) is 3.05. The first-order chi connectivity index (χ1) is 14.1. The van der Waals surface area contributed by atoms with E-state index in [1.165, 1.54) is 33.6 Å². The van der Waals surface area contributed by atoms with Crippen molar-refractivity contribution in [1.82, 2.24) is 9.21 Å². The normalized spacial score (nSPS) is 16.3. The molecule has 160 valence electrons. The molecule has 1 aromatic carbocycles. The highest BCUT2D eigenvalue weighted by Gasteiger charge is 2.40. The maximum Gasteiger partial charge on any atom is 0.417 e. The Hall–Kier alpha value is -1.66. The molecular formula is C18H14ClF3N2O3S3. The van der Waals surface area contributed by atoms with E-state index in [2.05, 4.69) is 0 Å². The smallest absolute Gasteiger partial charge is 0.335 e. The van der Waals surface area contributed by atoms with Crippen LogP contribution in [0.1, 0.15) is 15.2 Å². The molecule has 0 saturated carbocycles. The number of benzene rings is 1. The summed E-state index contributed by atoms with van der Waals surface area (Å²) in [5.74, 6) is -0.305. The first-order valence-electron chi connectivity index (χ1n) is 8.72. The Morgan fingerprint density at radius 2 is 1.73 bits per heavy atom. The van der Waals surface area contributed by atoms with E-state index in [4.69, 9.17) is 11.6 Å². The number of carbonyl (C=O) groups is 1. The highest BCUT2D eigenvalue weighted by Crippen LogP contribution is 2.39. The highest BCUT2D eigenvalue weighted by atomic mass is 35.5. The van der Waals surface area contributed by atoms with E-state index in [1.54, 1.807) is 0 Å². The lowest BCUT2D eigenvalue weighted by Gasteiger charge is -2.34. The van der Waals surface area contributed by atoms with E-state index in [1.807, 2.05) is 11.4 Å². The molecule has 4 rings (SSSR count). The lowest BCUT2D eigenvalue weighted by atomic mass is 10.2. The monoisotopic (exact) mass is 494 g/mol. The molecule has 0 bridgehead atoms. The summed E-state index contributed by atoms with van der Waals surface area (Å²) in [6.45, 7) is -0.0719. The van der Waals surface area contributed by atoms with Crippen molar-refractivity contribution in [1.29, 1.82) is 0 Å². The third-order valence-electron chi connectivity index (χ3n) is 4.79. The topological polar surface area (TPSA) is 57.7 Å². The number of piperazine rings is 1. The second-order valence-corrected chi connectivity index (χ2v) is 11.0. The number of nitrogens with zero attached hydrogens (tertiary/aromatic N) is 2. The number of thiophene rings is 2. The van der Waals surface area contributed by atoms with Gasteiger partial charge in [-0.25, -0.2) is 8.42 Å². The van der Waals surface area contributed by atoms with Crippen LogP contribution in [0.3, 0.4) is 0 Å². The fourth-order valence-corrected chi connectivity index (χ4v) is 7.49. The van der Waals surface area contributed by atoms with Crippen molar-refractivity contribution in [2.75, 3.05) is 26.2 Å². The number of hydrogen-bond acceptors (Lipinski definition) is 5. The molecule has 1 fully saturated rings. The summed E-state index contributed by atoms with van der Waals surface area (Å²) in [5.41, 5.74) is -1.20. The molecule has 0 radical (unpaired) electrons. The lowest BCUT2D eigenvalue weighted by Crippen LogP contribution is -2.50. The maximum absolute atomic E-state index is 13.3. The van der Waals surface area contributed by atoms with Gasteiger partial charge in [-0.15, -0.1) is 22.7 Å². The van der Waals surface area contributed by atoms with Crippen LogP contribution in [0.2, 0.25) is 5.02 Å². The first-order valence-corrected chi connectivity index (χ1v) is 12.2. The Morgan fingerprint density at radius 1 is 1.07 bits per heavy atom. The molecule has 0 atom stereocenters. The molecule has 3 aromatic rings. The Bertz CT molecular complexity index is 1210. The summed E-state index contributed by atoms with van der Waals surface area (Å²) >= 11 is 9.06. The van der Waals surface area contributed by atoms with Crippen LogP contribution in [0.5, 0.6) is 0 Å². The van der Waals surface area contributed by atoms with Gasteiger partial charge in [0.05, 0.1) is 19.5 Å². The first kappa shape index (κ1) is 21.6. The van der Waals surface area contributed by atoms with Crippen molar-refractivity contribution in [2.45, 2.75) is 11.1 Å². The average Bonchev–Trinajstić information content (AvgIpc) is 3.30. The molecule has 0 unspecified atom stereocenters. The Kier molecular flexibility index (Phi) is 5.60. The minimum absolute atomic E-state index is 0.0636. The molecule has 1 aliphatic rings. The van der Waals surface area contributed by atoms with E-state index in [0.717, 1.165) is 31.9 Å². The predicted octanol–water partition coefficient (Wildman–Crippen LogP) is 4.78. The number of carbonyl (C=O) groups excluding carboxylic acids is 1. The number of sulfonamides is 1. The molecule has 3 heterocycles. The number of fused-ring (bicyclic) bond motifs is 1. The van der Waals surface area contributed by atoms with Gasteiger partial charge < -0.3 is 4.90 Å². The van der Waals surface area contributed by atoms with E-state index < -0.39 is 26.7 Å². The third-order valence-corrected chi connectivity index (χ3v) is 9.49. The molecule has 30 heavy (non-hydrogen) atoms. The van der Waals surface area contributed by atoms with Gasteiger partial charge in [-0.1, -0.05) is 23.7 Å². The zero-order valence-corrected chi connectivity index (χ0v) is 18.4. The lowest BCUT2D eigenvalue weighted by molar-refractivity contribution is -0.139. The zero-order chi connectivity index (χ0) is 21.7. The van der Waals surface area contributed by atoms with Crippen molar-refractivity contribution in [3.8, 4) is 0 Å². The van der Waals surface area contributed by atoms with Crippen LogP contribution in [-0.2, 0) is 16.2 Å². The Labute approximate surface area is 183 Å². The van der Waals surface area contributed by atoms with E-state index >= 15 is 0 Å². The van der Waals surface area contributed by atoms with E-state index in [9.17, 15) is 26.4 Å². The van der Waals surface area contributed by atoms with Crippen molar-refractivity contribution in [2.24, 2.45) is 0 Å². The molecule has 0 N–H and O–H groups in total. The summed E-state index contributed by atoms with van der Waals surface area (Å²) < 4.78 is 67.4.